The number of halogens is 2. The summed E-state index contributed by atoms with van der Waals surface area (Å²) in [5, 5.41) is 16.0. The van der Waals surface area contributed by atoms with Crippen LogP contribution in [-0.4, -0.2) is 5.91 Å². The van der Waals surface area contributed by atoms with E-state index in [0.717, 1.165) is 11.1 Å². The van der Waals surface area contributed by atoms with E-state index in [2.05, 4.69) is 10.6 Å². The molecule has 2 N–H and O–H groups in total. The highest BCUT2D eigenvalue weighted by atomic mass is 35.5. The number of amides is 1. The van der Waals surface area contributed by atoms with Gasteiger partial charge in [0.1, 0.15) is 11.6 Å². The third kappa shape index (κ3) is 5.17. The van der Waals surface area contributed by atoms with Crippen LogP contribution in [0.25, 0.3) is 0 Å². The molecule has 0 aliphatic rings. The van der Waals surface area contributed by atoms with Gasteiger partial charge in [0, 0.05) is 6.20 Å². The van der Waals surface area contributed by atoms with Crippen LogP contribution in [0.2, 0.25) is 10.0 Å². The van der Waals surface area contributed by atoms with Crippen LogP contribution < -0.4 is 10.6 Å². The minimum Gasteiger partial charge on any atom is -0.358 e. The summed E-state index contributed by atoms with van der Waals surface area (Å²) in [6.45, 7) is 0. The Morgan fingerprint density at radius 3 is 1.86 bits per heavy atom. The number of hydrogen-bond acceptors (Lipinski definition) is 3. The predicted molar refractivity (Wildman–Crippen MR) is 117 cm³/mol. The first-order valence-electron chi connectivity index (χ1n) is 8.81. The first kappa shape index (κ1) is 20.5. The summed E-state index contributed by atoms with van der Waals surface area (Å²) in [6.07, 6.45) is 1.30. The molecule has 1 amide bonds. The lowest BCUT2D eigenvalue weighted by atomic mass is 9.98. The fraction of sp³-hybridized carbons (Fsp3) is 0.0435. The molecule has 29 heavy (non-hydrogen) atoms. The maximum absolute atomic E-state index is 12.8. The lowest BCUT2D eigenvalue weighted by Crippen LogP contribution is -2.30. The highest BCUT2D eigenvalue weighted by molar-refractivity contribution is 6.39. The summed E-state index contributed by atoms with van der Waals surface area (Å²) in [6, 6.07) is 25.7. The maximum Gasteiger partial charge on any atom is 0.264 e. The van der Waals surface area contributed by atoms with E-state index in [1.807, 2.05) is 66.7 Å². The maximum atomic E-state index is 12.8. The molecule has 0 unspecified atom stereocenters. The summed E-state index contributed by atoms with van der Waals surface area (Å²) in [5.74, 6) is -0.513. The van der Waals surface area contributed by atoms with Crippen molar-refractivity contribution in [1.82, 2.24) is 5.32 Å². The van der Waals surface area contributed by atoms with Crippen LogP contribution in [0.4, 0.5) is 5.69 Å². The van der Waals surface area contributed by atoms with Crippen LogP contribution in [-0.2, 0) is 4.79 Å². The van der Waals surface area contributed by atoms with E-state index in [4.69, 9.17) is 23.2 Å². The SMILES string of the molecule is N#C/C(=C/Nc1c(Cl)cccc1Cl)C(=O)NC(c1ccccc1)c1ccccc1. The fourth-order valence-electron chi connectivity index (χ4n) is 2.79. The van der Waals surface area contributed by atoms with Crippen molar-refractivity contribution in [2.75, 3.05) is 5.32 Å². The molecule has 3 aromatic rings. The minimum atomic E-state index is -0.513. The molecule has 3 rings (SSSR count). The monoisotopic (exact) mass is 421 g/mol. The molecule has 0 aromatic heterocycles. The fourth-order valence-corrected chi connectivity index (χ4v) is 3.29. The Bertz CT molecular complexity index is 1000. The molecule has 0 fully saturated rings. The predicted octanol–water partition coefficient (Wildman–Crippen LogP) is 5.72. The van der Waals surface area contributed by atoms with Gasteiger partial charge in [-0.2, -0.15) is 5.26 Å². The van der Waals surface area contributed by atoms with Gasteiger partial charge in [-0.15, -0.1) is 0 Å². The van der Waals surface area contributed by atoms with Gasteiger partial charge in [0.2, 0.25) is 0 Å². The third-order valence-electron chi connectivity index (χ3n) is 4.23. The number of nitrogens with zero attached hydrogens (tertiary/aromatic N) is 1. The molecule has 4 nitrogen and oxygen atoms in total. The van der Waals surface area contributed by atoms with Crippen LogP contribution in [0.5, 0.6) is 0 Å². The van der Waals surface area contributed by atoms with Gasteiger partial charge in [0.05, 0.1) is 21.8 Å². The second-order valence-corrected chi connectivity index (χ2v) is 6.95. The standard InChI is InChI=1S/C23H17Cl2N3O/c24-19-12-7-13-20(25)22(19)27-15-18(14-26)23(29)28-21(16-8-3-1-4-9-16)17-10-5-2-6-11-17/h1-13,15,21,27H,(H,28,29)/b18-15-. The molecule has 144 valence electrons. The van der Waals surface area contributed by atoms with Crippen molar-refractivity contribution in [2.24, 2.45) is 0 Å². The van der Waals surface area contributed by atoms with Crippen molar-refractivity contribution in [3.05, 3.63) is 112 Å². The van der Waals surface area contributed by atoms with Crippen LogP contribution in [0, 0.1) is 11.3 Å². The van der Waals surface area contributed by atoms with Crippen molar-refractivity contribution in [1.29, 1.82) is 5.26 Å². The van der Waals surface area contributed by atoms with E-state index in [9.17, 15) is 10.1 Å². The molecule has 0 atom stereocenters. The number of para-hydroxylation sites is 1. The molecule has 0 saturated heterocycles. The Hall–Kier alpha value is -3.26. The Morgan fingerprint density at radius 1 is 0.862 bits per heavy atom. The summed E-state index contributed by atoms with van der Waals surface area (Å²) in [7, 11) is 0. The summed E-state index contributed by atoms with van der Waals surface area (Å²) in [5.41, 5.74) is 2.15. The lowest BCUT2D eigenvalue weighted by molar-refractivity contribution is -0.117. The Morgan fingerprint density at radius 2 is 1.38 bits per heavy atom. The van der Waals surface area contributed by atoms with E-state index >= 15 is 0 Å². The Labute approximate surface area is 179 Å². The third-order valence-corrected chi connectivity index (χ3v) is 4.86. The van der Waals surface area contributed by atoms with Crippen molar-refractivity contribution in [2.45, 2.75) is 6.04 Å². The van der Waals surface area contributed by atoms with Crippen LogP contribution in [0.1, 0.15) is 17.2 Å². The van der Waals surface area contributed by atoms with E-state index < -0.39 is 11.9 Å². The topological polar surface area (TPSA) is 64.9 Å². The van der Waals surface area contributed by atoms with Crippen molar-refractivity contribution >= 4 is 34.8 Å². The van der Waals surface area contributed by atoms with Crippen molar-refractivity contribution in [3.8, 4) is 6.07 Å². The highest BCUT2D eigenvalue weighted by Crippen LogP contribution is 2.30. The second kappa shape index (κ2) is 9.79. The van der Waals surface area contributed by atoms with Gasteiger partial charge in [-0.05, 0) is 23.3 Å². The van der Waals surface area contributed by atoms with Gasteiger partial charge in [0.15, 0.2) is 0 Å². The zero-order valence-electron chi connectivity index (χ0n) is 15.3. The number of carbonyl (C=O) groups is 1. The molecule has 0 aliphatic heterocycles. The van der Waals surface area contributed by atoms with Gasteiger partial charge in [-0.3, -0.25) is 4.79 Å². The normalized spacial score (nSPS) is 11.0. The average molecular weight is 422 g/mol. The van der Waals surface area contributed by atoms with E-state index in [0.29, 0.717) is 15.7 Å². The summed E-state index contributed by atoms with van der Waals surface area (Å²) >= 11 is 12.2. The number of nitriles is 1. The van der Waals surface area contributed by atoms with Crippen LogP contribution in [0.3, 0.4) is 0 Å². The Balaban J connectivity index is 1.85. The molecule has 0 spiro atoms. The molecular formula is C23H17Cl2N3O. The van der Waals surface area contributed by atoms with Crippen molar-refractivity contribution < 1.29 is 4.79 Å². The highest BCUT2D eigenvalue weighted by Gasteiger charge is 2.19. The van der Waals surface area contributed by atoms with Gasteiger partial charge in [0.25, 0.3) is 5.91 Å². The first-order valence-corrected chi connectivity index (χ1v) is 9.57. The van der Waals surface area contributed by atoms with E-state index in [-0.39, 0.29) is 5.57 Å². The first-order chi connectivity index (χ1) is 14.1. The zero-order chi connectivity index (χ0) is 20.6. The molecule has 0 aliphatic carbocycles. The number of carbonyl (C=O) groups excluding carboxylic acids is 1. The van der Waals surface area contributed by atoms with Gasteiger partial charge in [-0.25, -0.2) is 0 Å². The number of nitrogens with one attached hydrogen (secondary N) is 2. The summed E-state index contributed by atoms with van der Waals surface area (Å²) in [4.78, 5) is 12.8. The lowest BCUT2D eigenvalue weighted by Gasteiger charge is -2.19. The van der Waals surface area contributed by atoms with Crippen LogP contribution >= 0.6 is 23.2 Å². The minimum absolute atomic E-state index is 0.0992. The molecule has 0 saturated carbocycles. The molecule has 0 bridgehead atoms. The summed E-state index contributed by atoms with van der Waals surface area (Å²) < 4.78 is 0. The van der Waals surface area contributed by atoms with E-state index in [1.54, 1.807) is 18.2 Å². The largest absolute Gasteiger partial charge is 0.358 e. The van der Waals surface area contributed by atoms with Gasteiger partial charge >= 0.3 is 0 Å². The second-order valence-electron chi connectivity index (χ2n) is 6.14. The Kier molecular flexibility index (Phi) is 6.91. The quantitative estimate of drug-likeness (QED) is 0.395. The smallest absolute Gasteiger partial charge is 0.264 e. The number of rotatable bonds is 6. The molecular weight excluding hydrogens is 405 g/mol. The molecule has 0 heterocycles. The molecule has 6 heteroatoms. The van der Waals surface area contributed by atoms with E-state index in [1.165, 1.54) is 6.20 Å². The van der Waals surface area contributed by atoms with Gasteiger partial charge in [-0.1, -0.05) is 89.9 Å². The zero-order valence-corrected chi connectivity index (χ0v) is 16.8. The van der Waals surface area contributed by atoms with Crippen LogP contribution in [0.15, 0.2) is 90.6 Å². The number of anilines is 1. The van der Waals surface area contributed by atoms with Gasteiger partial charge < -0.3 is 10.6 Å². The average Bonchev–Trinajstić information content (AvgIpc) is 2.75. The number of benzene rings is 3. The molecule has 3 aromatic carbocycles. The molecule has 0 radical (unpaired) electrons. The number of hydrogen-bond donors (Lipinski definition) is 2. The van der Waals surface area contributed by atoms with Crippen molar-refractivity contribution in [3.63, 3.8) is 0 Å².